The zero-order chi connectivity index (χ0) is 18.1. The van der Waals surface area contributed by atoms with E-state index in [0.717, 1.165) is 10.8 Å². The predicted molar refractivity (Wildman–Crippen MR) is 101 cm³/mol. The number of anilines is 2. The third-order valence-electron chi connectivity index (χ3n) is 4.42. The van der Waals surface area contributed by atoms with Crippen LogP contribution < -0.4 is 15.0 Å². The minimum Gasteiger partial charge on any atom is -0.481 e. The van der Waals surface area contributed by atoms with E-state index in [1.807, 2.05) is 60.7 Å². The maximum Gasteiger partial charge on any atom is 0.268 e. The van der Waals surface area contributed by atoms with Crippen molar-refractivity contribution in [3.63, 3.8) is 0 Å². The van der Waals surface area contributed by atoms with Crippen molar-refractivity contribution < 1.29 is 14.3 Å². The Morgan fingerprint density at radius 3 is 2.62 bits per heavy atom. The number of hydrogen-bond donors (Lipinski definition) is 1. The number of benzene rings is 3. The molecule has 2 amide bonds. The minimum atomic E-state index is -0.713. The van der Waals surface area contributed by atoms with Gasteiger partial charge in [0.25, 0.3) is 5.91 Å². The van der Waals surface area contributed by atoms with E-state index in [2.05, 4.69) is 5.32 Å². The summed E-state index contributed by atoms with van der Waals surface area (Å²) < 4.78 is 5.86. The van der Waals surface area contributed by atoms with Gasteiger partial charge in [0, 0.05) is 0 Å². The Morgan fingerprint density at radius 2 is 1.77 bits per heavy atom. The lowest BCUT2D eigenvalue weighted by atomic mass is 10.1. The van der Waals surface area contributed by atoms with E-state index >= 15 is 0 Å². The molecule has 0 spiro atoms. The van der Waals surface area contributed by atoms with E-state index in [0.29, 0.717) is 17.1 Å². The fourth-order valence-corrected chi connectivity index (χ4v) is 3.14. The molecule has 3 aromatic carbocycles. The first-order valence-corrected chi connectivity index (χ1v) is 8.47. The Hall–Kier alpha value is -3.34. The molecule has 1 atom stereocenters. The molecule has 0 bridgehead atoms. The number of hydrogen-bond acceptors (Lipinski definition) is 3. The van der Waals surface area contributed by atoms with Crippen molar-refractivity contribution in [1.82, 2.24) is 0 Å². The number of nitrogens with zero attached hydrogens (tertiary/aromatic N) is 1. The van der Waals surface area contributed by atoms with Gasteiger partial charge in [0.1, 0.15) is 12.3 Å². The maximum atomic E-state index is 12.9. The van der Waals surface area contributed by atoms with Gasteiger partial charge in [-0.15, -0.1) is 0 Å². The largest absolute Gasteiger partial charge is 0.481 e. The second kappa shape index (κ2) is 6.52. The van der Waals surface area contributed by atoms with Crippen molar-refractivity contribution in [3.8, 4) is 5.75 Å². The van der Waals surface area contributed by atoms with Gasteiger partial charge in [-0.1, -0.05) is 42.5 Å². The molecule has 0 aliphatic carbocycles. The van der Waals surface area contributed by atoms with Gasteiger partial charge in [-0.2, -0.15) is 0 Å². The molecule has 0 saturated heterocycles. The molecule has 5 heteroatoms. The average molecular weight is 346 g/mol. The molecule has 0 radical (unpaired) electrons. The highest BCUT2D eigenvalue weighted by atomic mass is 16.5. The number of carbonyl (C=O) groups is 2. The van der Waals surface area contributed by atoms with Crippen LogP contribution >= 0.6 is 0 Å². The predicted octanol–water partition coefficient (Wildman–Crippen LogP) is 3.59. The molecule has 26 heavy (non-hydrogen) atoms. The Bertz CT molecular complexity index is 999. The van der Waals surface area contributed by atoms with Crippen LogP contribution in [0, 0.1) is 0 Å². The van der Waals surface area contributed by atoms with Crippen molar-refractivity contribution in [2.24, 2.45) is 0 Å². The first-order valence-electron chi connectivity index (χ1n) is 8.47. The fourth-order valence-electron chi connectivity index (χ4n) is 3.14. The van der Waals surface area contributed by atoms with Crippen LogP contribution in [0.2, 0.25) is 0 Å². The smallest absolute Gasteiger partial charge is 0.268 e. The van der Waals surface area contributed by atoms with Gasteiger partial charge in [-0.05, 0) is 42.0 Å². The molecule has 130 valence electrons. The van der Waals surface area contributed by atoms with Crippen molar-refractivity contribution in [3.05, 3.63) is 66.7 Å². The van der Waals surface area contributed by atoms with Gasteiger partial charge in [0.15, 0.2) is 6.10 Å². The van der Waals surface area contributed by atoms with E-state index in [1.54, 1.807) is 13.0 Å². The summed E-state index contributed by atoms with van der Waals surface area (Å²) in [5, 5.41) is 4.94. The highest BCUT2D eigenvalue weighted by Gasteiger charge is 2.30. The lowest BCUT2D eigenvalue weighted by Crippen LogP contribution is -2.47. The molecule has 1 aliphatic heterocycles. The summed E-state index contributed by atoms with van der Waals surface area (Å²) in [6, 6.07) is 20.9. The van der Waals surface area contributed by atoms with E-state index in [1.165, 1.54) is 4.90 Å². The maximum absolute atomic E-state index is 12.9. The van der Waals surface area contributed by atoms with Crippen molar-refractivity contribution in [2.75, 3.05) is 16.8 Å². The summed E-state index contributed by atoms with van der Waals surface area (Å²) in [5.41, 5.74) is 1.32. The summed E-state index contributed by atoms with van der Waals surface area (Å²) in [7, 11) is 0. The zero-order valence-corrected chi connectivity index (χ0v) is 14.3. The molecule has 3 aromatic rings. The lowest BCUT2D eigenvalue weighted by molar-refractivity contribution is -0.126. The van der Waals surface area contributed by atoms with Crippen LogP contribution in [0.15, 0.2) is 66.7 Å². The van der Waals surface area contributed by atoms with Gasteiger partial charge < -0.3 is 10.1 Å². The van der Waals surface area contributed by atoms with Crippen LogP contribution in [0.4, 0.5) is 11.4 Å². The zero-order valence-electron chi connectivity index (χ0n) is 14.3. The summed E-state index contributed by atoms with van der Waals surface area (Å²) in [5.74, 6) is 0.162. The van der Waals surface area contributed by atoms with E-state index in [4.69, 9.17) is 4.74 Å². The van der Waals surface area contributed by atoms with Gasteiger partial charge >= 0.3 is 0 Å². The van der Waals surface area contributed by atoms with E-state index < -0.39 is 6.10 Å². The van der Waals surface area contributed by atoms with Crippen molar-refractivity contribution in [1.29, 1.82) is 0 Å². The van der Waals surface area contributed by atoms with Crippen LogP contribution in [0.1, 0.15) is 6.92 Å². The quantitative estimate of drug-likeness (QED) is 0.788. The van der Waals surface area contributed by atoms with Crippen LogP contribution in [0.5, 0.6) is 5.75 Å². The number of amides is 2. The SMILES string of the molecule is C[C@@H](Oc1ccc2ccccc2c1)C(=O)N1CC(=O)Nc2ccccc21. The molecular formula is C21H18N2O3. The van der Waals surface area contributed by atoms with E-state index in [-0.39, 0.29) is 18.4 Å². The summed E-state index contributed by atoms with van der Waals surface area (Å²) >= 11 is 0. The molecule has 4 rings (SSSR count). The molecule has 0 unspecified atom stereocenters. The topological polar surface area (TPSA) is 58.6 Å². The molecule has 0 aromatic heterocycles. The standard InChI is InChI=1S/C21H18N2O3/c1-14(26-17-11-10-15-6-2-3-7-16(15)12-17)21(25)23-13-20(24)22-18-8-4-5-9-19(18)23/h2-12,14H,13H2,1H3,(H,22,24)/t14-/m1/s1. The number of carbonyl (C=O) groups excluding carboxylic acids is 2. The average Bonchev–Trinajstić information content (AvgIpc) is 2.66. The Labute approximate surface area is 151 Å². The number of para-hydroxylation sites is 2. The normalized spacial score (nSPS) is 14.5. The molecule has 5 nitrogen and oxygen atoms in total. The van der Waals surface area contributed by atoms with Gasteiger partial charge in [0.05, 0.1) is 11.4 Å². The Kier molecular flexibility index (Phi) is 4.05. The summed E-state index contributed by atoms with van der Waals surface area (Å²) in [4.78, 5) is 26.3. The Balaban J connectivity index is 1.57. The summed E-state index contributed by atoms with van der Waals surface area (Å²) in [6.07, 6.45) is -0.713. The molecule has 1 heterocycles. The van der Waals surface area contributed by atoms with Crippen LogP contribution in [-0.2, 0) is 9.59 Å². The van der Waals surface area contributed by atoms with Crippen molar-refractivity contribution in [2.45, 2.75) is 13.0 Å². The number of rotatable bonds is 3. The highest BCUT2D eigenvalue weighted by Crippen LogP contribution is 2.30. The number of ether oxygens (including phenoxy) is 1. The van der Waals surface area contributed by atoms with Gasteiger partial charge in [-0.3, -0.25) is 14.5 Å². The number of fused-ring (bicyclic) bond motifs is 2. The van der Waals surface area contributed by atoms with Gasteiger partial charge in [0.2, 0.25) is 5.91 Å². The first-order chi connectivity index (χ1) is 12.6. The van der Waals surface area contributed by atoms with Crippen LogP contribution in [0.3, 0.4) is 0 Å². The monoisotopic (exact) mass is 346 g/mol. The highest BCUT2D eigenvalue weighted by molar-refractivity contribution is 6.10. The van der Waals surface area contributed by atoms with Crippen molar-refractivity contribution >= 4 is 34.0 Å². The second-order valence-corrected chi connectivity index (χ2v) is 6.26. The summed E-state index contributed by atoms with van der Waals surface area (Å²) in [6.45, 7) is 1.69. The molecule has 0 saturated carbocycles. The molecular weight excluding hydrogens is 328 g/mol. The third kappa shape index (κ3) is 2.99. The van der Waals surface area contributed by atoms with Gasteiger partial charge in [-0.25, -0.2) is 0 Å². The Morgan fingerprint density at radius 1 is 1.04 bits per heavy atom. The minimum absolute atomic E-state index is 0.0126. The number of nitrogens with one attached hydrogen (secondary N) is 1. The van der Waals surface area contributed by atoms with Crippen LogP contribution in [0.25, 0.3) is 10.8 Å². The first kappa shape index (κ1) is 16.1. The third-order valence-corrected chi connectivity index (χ3v) is 4.42. The second-order valence-electron chi connectivity index (χ2n) is 6.26. The molecule has 0 fully saturated rings. The van der Waals surface area contributed by atoms with Crippen LogP contribution in [-0.4, -0.2) is 24.5 Å². The fraction of sp³-hybridized carbons (Fsp3) is 0.143. The molecule has 1 aliphatic rings. The lowest BCUT2D eigenvalue weighted by Gasteiger charge is -2.31. The molecule has 1 N–H and O–H groups in total. The van der Waals surface area contributed by atoms with E-state index in [9.17, 15) is 9.59 Å².